The van der Waals surface area contributed by atoms with Crippen molar-refractivity contribution in [3.05, 3.63) is 18.2 Å². The van der Waals surface area contributed by atoms with Crippen molar-refractivity contribution in [3.8, 4) is 5.75 Å². The van der Waals surface area contributed by atoms with Gasteiger partial charge in [-0.2, -0.15) is 0 Å². The number of nitrogen functional groups attached to an aromatic ring is 1. The Hall–Kier alpha value is -1.43. The van der Waals surface area contributed by atoms with E-state index in [4.69, 9.17) is 10.8 Å². The summed E-state index contributed by atoms with van der Waals surface area (Å²) in [6.07, 6.45) is 1.03. The van der Waals surface area contributed by atoms with E-state index in [9.17, 15) is 8.42 Å². The molecule has 5 nitrogen and oxygen atoms in total. The third-order valence-electron chi connectivity index (χ3n) is 1.33. The first kappa shape index (κ1) is 9.66. The highest BCUT2D eigenvalue weighted by atomic mass is 32.2. The number of sulfonamides is 1. The van der Waals surface area contributed by atoms with Crippen molar-refractivity contribution < 1.29 is 13.5 Å². The van der Waals surface area contributed by atoms with Crippen LogP contribution in [0.15, 0.2) is 18.2 Å². The topological polar surface area (TPSA) is 92.4 Å². The average molecular weight is 202 g/mol. The van der Waals surface area contributed by atoms with Gasteiger partial charge in [0.05, 0.1) is 17.6 Å². The van der Waals surface area contributed by atoms with Crippen LogP contribution in [0.5, 0.6) is 5.75 Å². The molecule has 0 heterocycles. The molecule has 0 aromatic heterocycles. The summed E-state index contributed by atoms with van der Waals surface area (Å²) in [5.41, 5.74) is 5.89. The van der Waals surface area contributed by atoms with Crippen molar-refractivity contribution in [2.75, 3.05) is 16.7 Å². The molecule has 0 fully saturated rings. The molecule has 0 spiro atoms. The molecule has 0 saturated carbocycles. The van der Waals surface area contributed by atoms with Crippen molar-refractivity contribution in [2.45, 2.75) is 0 Å². The van der Waals surface area contributed by atoms with Crippen molar-refractivity contribution in [1.29, 1.82) is 0 Å². The standard InChI is InChI=1S/C7H10N2O3S/c1-13(11,12)9-7-3-2-5(10)4-6(7)8/h2-4,9-10H,8H2,1H3. The molecule has 1 aromatic carbocycles. The number of hydrogen-bond acceptors (Lipinski definition) is 4. The molecule has 0 radical (unpaired) electrons. The Bertz CT molecular complexity index is 414. The third-order valence-corrected chi connectivity index (χ3v) is 1.92. The molecular formula is C7H10N2O3S. The van der Waals surface area contributed by atoms with Crippen LogP contribution >= 0.6 is 0 Å². The van der Waals surface area contributed by atoms with Gasteiger partial charge in [0.1, 0.15) is 5.75 Å². The second kappa shape index (κ2) is 3.14. The van der Waals surface area contributed by atoms with Crippen LogP contribution < -0.4 is 10.5 Å². The molecule has 6 heteroatoms. The number of phenolic OH excluding ortho intramolecular Hbond substituents is 1. The number of anilines is 2. The molecule has 0 amide bonds. The van der Waals surface area contributed by atoms with Gasteiger partial charge in [0, 0.05) is 6.07 Å². The number of aromatic hydroxyl groups is 1. The summed E-state index contributed by atoms with van der Waals surface area (Å²) in [6, 6.07) is 4.02. The number of benzene rings is 1. The Morgan fingerprint density at radius 2 is 2.08 bits per heavy atom. The van der Waals surface area contributed by atoms with Gasteiger partial charge in [0.15, 0.2) is 0 Å². The summed E-state index contributed by atoms with van der Waals surface area (Å²) in [5.74, 6) is -0.00319. The minimum atomic E-state index is -3.32. The van der Waals surface area contributed by atoms with Crippen LogP contribution in [0.2, 0.25) is 0 Å². The third kappa shape index (κ3) is 2.83. The summed E-state index contributed by atoms with van der Waals surface area (Å²) >= 11 is 0. The predicted octanol–water partition coefficient (Wildman–Crippen LogP) is 0.346. The van der Waals surface area contributed by atoms with E-state index in [1.165, 1.54) is 18.2 Å². The fraction of sp³-hybridized carbons (Fsp3) is 0.143. The van der Waals surface area contributed by atoms with Crippen LogP contribution in [0.4, 0.5) is 11.4 Å². The zero-order valence-electron chi connectivity index (χ0n) is 6.98. The molecule has 0 atom stereocenters. The van der Waals surface area contributed by atoms with E-state index < -0.39 is 10.0 Å². The molecule has 1 aromatic rings. The smallest absolute Gasteiger partial charge is 0.229 e. The number of nitrogens with two attached hydrogens (primary N) is 1. The van der Waals surface area contributed by atoms with Gasteiger partial charge in [-0.3, -0.25) is 4.72 Å². The van der Waals surface area contributed by atoms with Crippen LogP contribution in [-0.2, 0) is 10.0 Å². The second-order valence-electron chi connectivity index (χ2n) is 2.65. The van der Waals surface area contributed by atoms with Crippen LogP contribution in [0, 0.1) is 0 Å². The summed E-state index contributed by atoms with van der Waals surface area (Å²) < 4.78 is 23.8. The fourth-order valence-electron chi connectivity index (χ4n) is 0.843. The Morgan fingerprint density at radius 1 is 1.46 bits per heavy atom. The first-order valence-electron chi connectivity index (χ1n) is 3.45. The molecule has 0 bridgehead atoms. The molecule has 0 aliphatic carbocycles. The van der Waals surface area contributed by atoms with E-state index in [0.29, 0.717) is 0 Å². The van der Waals surface area contributed by atoms with E-state index in [0.717, 1.165) is 6.26 Å². The number of phenols is 1. The lowest BCUT2D eigenvalue weighted by molar-refractivity contribution is 0.475. The van der Waals surface area contributed by atoms with Gasteiger partial charge in [-0.05, 0) is 12.1 Å². The minimum absolute atomic E-state index is 0.00319. The maximum absolute atomic E-state index is 10.8. The van der Waals surface area contributed by atoms with E-state index >= 15 is 0 Å². The molecule has 0 aliphatic rings. The Balaban J connectivity index is 3.04. The normalized spacial score (nSPS) is 11.2. The number of nitrogens with one attached hydrogen (secondary N) is 1. The van der Waals surface area contributed by atoms with E-state index in [2.05, 4.69) is 4.72 Å². The maximum atomic E-state index is 10.8. The number of hydrogen-bond donors (Lipinski definition) is 3. The first-order valence-corrected chi connectivity index (χ1v) is 5.34. The van der Waals surface area contributed by atoms with E-state index in [1.54, 1.807) is 0 Å². The van der Waals surface area contributed by atoms with Crippen LogP contribution in [-0.4, -0.2) is 19.8 Å². The van der Waals surface area contributed by atoms with Crippen molar-refractivity contribution >= 4 is 21.4 Å². The summed E-state index contributed by atoms with van der Waals surface area (Å²) in [7, 11) is -3.32. The molecule has 72 valence electrons. The number of rotatable bonds is 2. The summed E-state index contributed by atoms with van der Waals surface area (Å²) in [5, 5.41) is 8.98. The van der Waals surface area contributed by atoms with Gasteiger partial charge in [0.25, 0.3) is 0 Å². The van der Waals surface area contributed by atoms with Crippen molar-refractivity contribution in [1.82, 2.24) is 0 Å². The zero-order chi connectivity index (χ0) is 10.1. The Morgan fingerprint density at radius 3 is 2.54 bits per heavy atom. The predicted molar refractivity (Wildman–Crippen MR) is 51.0 cm³/mol. The van der Waals surface area contributed by atoms with E-state index in [-0.39, 0.29) is 17.1 Å². The highest BCUT2D eigenvalue weighted by Crippen LogP contribution is 2.23. The monoisotopic (exact) mass is 202 g/mol. The van der Waals surface area contributed by atoms with Gasteiger partial charge >= 0.3 is 0 Å². The van der Waals surface area contributed by atoms with Gasteiger partial charge in [-0.1, -0.05) is 0 Å². The lowest BCUT2D eigenvalue weighted by Crippen LogP contribution is -2.10. The highest BCUT2D eigenvalue weighted by Gasteiger charge is 2.05. The Labute approximate surface area is 76.2 Å². The summed E-state index contributed by atoms with van der Waals surface area (Å²) in [6.45, 7) is 0. The molecule has 13 heavy (non-hydrogen) atoms. The SMILES string of the molecule is CS(=O)(=O)Nc1ccc(O)cc1N. The van der Waals surface area contributed by atoms with Crippen LogP contribution in [0.25, 0.3) is 0 Å². The Kier molecular flexibility index (Phi) is 2.33. The molecule has 0 unspecified atom stereocenters. The lowest BCUT2D eigenvalue weighted by atomic mass is 10.2. The van der Waals surface area contributed by atoms with Gasteiger partial charge in [0.2, 0.25) is 10.0 Å². The van der Waals surface area contributed by atoms with Crippen molar-refractivity contribution in [2.24, 2.45) is 0 Å². The lowest BCUT2D eigenvalue weighted by Gasteiger charge is -2.06. The van der Waals surface area contributed by atoms with Gasteiger partial charge in [-0.25, -0.2) is 8.42 Å². The minimum Gasteiger partial charge on any atom is -0.508 e. The van der Waals surface area contributed by atoms with Gasteiger partial charge in [-0.15, -0.1) is 0 Å². The maximum Gasteiger partial charge on any atom is 0.229 e. The first-order chi connectivity index (χ1) is 5.88. The average Bonchev–Trinajstić information content (AvgIpc) is 1.93. The summed E-state index contributed by atoms with van der Waals surface area (Å²) in [4.78, 5) is 0. The molecule has 1 rings (SSSR count). The molecule has 0 aliphatic heterocycles. The van der Waals surface area contributed by atoms with Crippen LogP contribution in [0.1, 0.15) is 0 Å². The molecular weight excluding hydrogens is 192 g/mol. The zero-order valence-corrected chi connectivity index (χ0v) is 7.80. The van der Waals surface area contributed by atoms with Crippen molar-refractivity contribution in [3.63, 3.8) is 0 Å². The molecule has 0 saturated heterocycles. The quantitative estimate of drug-likeness (QED) is 0.476. The van der Waals surface area contributed by atoms with Crippen LogP contribution in [0.3, 0.4) is 0 Å². The van der Waals surface area contributed by atoms with E-state index in [1.807, 2.05) is 0 Å². The second-order valence-corrected chi connectivity index (χ2v) is 4.39. The highest BCUT2D eigenvalue weighted by molar-refractivity contribution is 7.92. The fourth-order valence-corrected chi connectivity index (χ4v) is 1.43. The molecule has 4 N–H and O–H groups in total. The van der Waals surface area contributed by atoms with Gasteiger partial charge < -0.3 is 10.8 Å². The largest absolute Gasteiger partial charge is 0.508 e.